The van der Waals surface area contributed by atoms with Gasteiger partial charge in [-0.3, -0.25) is 9.36 Å². The average Bonchev–Trinajstić information content (AvgIpc) is 3.59. The number of hydrogen-bond acceptors (Lipinski definition) is 9. The van der Waals surface area contributed by atoms with E-state index in [9.17, 15) is 9.59 Å². The number of carbonyl (C=O) groups is 1. The lowest BCUT2D eigenvalue weighted by atomic mass is 9.96. The molecule has 0 saturated heterocycles. The molecule has 2 aliphatic heterocycles. The van der Waals surface area contributed by atoms with Gasteiger partial charge >= 0.3 is 5.97 Å². The first-order valence-electron chi connectivity index (χ1n) is 13.8. The zero-order valence-corrected chi connectivity index (χ0v) is 25.8. The van der Waals surface area contributed by atoms with Crippen molar-refractivity contribution in [2.45, 2.75) is 44.4 Å². The number of nitrogens with zero attached hydrogens (tertiary/aromatic N) is 2. The highest BCUT2D eigenvalue weighted by Gasteiger charge is 2.33. The van der Waals surface area contributed by atoms with Crippen LogP contribution in [0.1, 0.15) is 43.5 Å². The van der Waals surface area contributed by atoms with E-state index in [1.165, 1.54) is 11.3 Å². The maximum absolute atomic E-state index is 13.9. The van der Waals surface area contributed by atoms with Gasteiger partial charge in [0.05, 0.1) is 27.9 Å². The van der Waals surface area contributed by atoms with Crippen LogP contribution in [0.5, 0.6) is 17.2 Å². The highest BCUT2D eigenvalue weighted by Crippen LogP contribution is 2.33. The Bertz CT molecular complexity index is 1890. The lowest BCUT2D eigenvalue weighted by molar-refractivity contribution is -0.143. The molecule has 0 saturated carbocycles. The lowest BCUT2D eigenvalue weighted by Crippen LogP contribution is -2.40. The molecule has 8 nitrogen and oxygen atoms in total. The van der Waals surface area contributed by atoms with E-state index in [1.807, 2.05) is 79.1 Å². The maximum atomic E-state index is 13.9. The molecule has 0 N–H and O–H groups in total. The van der Waals surface area contributed by atoms with Crippen LogP contribution in [-0.2, 0) is 16.1 Å². The van der Waals surface area contributed by atoms with Crippen LogP contribution in [0.25, 0.3) is 6.08 Å². The normalized spacial score (nSPS) is 15.8. The third-order valence-electron chi connectivity index (χ3n) is 7.04. The van der Waals surface area contributed by atoms with E-state index in [-0.39, 0.29) is 18.5 Å². The molecule has 3 heterocycles. The predicted octanol–water partition coefficient (Wildman–Crippen LogP) is 5.22. The summed E-state index contributed by atoms with van der Waals surface area (Å²) in [4.78, 5) is 33.5. The van der Waals surface area contributed by atoms with Crippen LogP contribution >= 0.6 is 23.1 Å². The van der Waals surface area contributed by atoms with Crippen LogP contribution in [0.3, 0.4) is 0 Å². The SMILES string of the molecule is CSc1ccc([C@@H]2C(C(=O)OC(C)C)=C(C)N=c3s/c(=C\c4ccc(OCc5ccc6c(c5)OCO6)cc4)c(=O)n32)cc1. The number of ether oxygens (including phenoxy) is 4. The second-order valence-corrected chi connectivity index (χ2v) is 12.2. The number of benzene rings is 3. The Hall–Kier alpha value is -4.28. The van der Waals surface area contributed by atoms with Crippen molar-refractivity contribution in [3.8, 4) is 17.2 Å². The molecular weight excluding hydrogens is 585 g/mol. The van der Waals surface area contributed by atoms with E-state index in [4.69, 9.17) is 18.9 Å². The standard InChI is InChI=1S/C33H30N2O6S2/c1-19(2)41-32(37)29-20(3)34-33-35(30(29)23-8-12-25(42-4)13-9-23)31(36)28(43-33)16-21-5-10-24(11-6-21)38-17-22-7-14-26-27(15-22)40-18-39-26/h5-16,19,30H,17-18H2,1-4H3/b28-16-/t30-/m1/s1. The Morgan fingerprint density at radius 3 is 2.56 bits per heavy atom. The fourth-order valence-corrected chi connectivity index (χ4v) is 6.43. The van der Waals surface area contributed by atoms with E-state index < -0.39 is 12.0 Å². The highest BCUT2D eigenvalue weighted by atomic mass is 32.2. The van der Waals surface area contributed by atoms with Crippen molar-refractivity contribution < 1.29 is 23.7 Å². The van der Waals surface area contributed by atoms with Crippen molar-refractivity contribution in [2.24, 2.45) is 4.99 Å². The summed E-state index contributed by atoms with van der Waals surface area (Å²) in [7, 11) is 0. The molecule has 1 aromatic heterocycles. The Morgan fingerprint density at radius 1 is 1.09 bits per heavy atom. The maximum Gasteiger partial charge on any atom is 0.338 e. The Morgan fingerprint density at radius 2 is 1.84 bits per heavy atom. The number of hydrogen-bond donors (Lipinski definition) is 0. The lowest BCUT2D eigenvalue weighted by Gasteiger charge is -2.25. The van der Waals surface area contributed by atoms with E-state index in [0.717, 1.165) is 33.1 Å². The summed E-state index contributed by atoms with van der Waals surface area (Å²) in [6, 6.07) is 20.5. The van der Waals surface area contributed by atoms with Crippen LogP contribution in [0, 0.1) is 0 Å². The summed E-state index contributed by atoms with van der Waals surface area (Å²) in [5.74, 6) is 1.69. The van der Waals surface area contributed by atoms with Gasteiger partial charge in [0, 0.05) is 4.90 Å². The van der Waals surface area contributed by atoms with E-state index in [0.29, 0.717) is 33.0 Å². The van der Waals surface area contributed by atoms with Gasteiger partial charge in [0.25, 0.3) is 5.56 Å². The number of allylic oxidation sites excluding steroid dienone is 1. The number of esters is 1. The van der Waals surface area contributed by atoms with E-state index in [2.05, 4.69) is 4.99 Å². The smallest absolute Gasteiger partial charge is 0.338 e. The van der Waals surface area contributed by atoms with E-state index in [1.54, 1.807) is 37.1 Å². The molecule has 4 aromatic rings. The summed E-state index contributed by atoms with van der Waals surface area (Å²) in [6.45, 7) is 6.02. The van der Waals surface area contributed by atoms with Crippen LogP contribution in [0.15, 0.2) is 92.7 Å². The van der Waals surface area contributed by atoms with Crippen molar-refractivity contribution in [1.29, 1.82) is 0 Å². The molecule has 0 bridgehead atoms. The quantitative estimate of drug-likeness (QED) is 0.199. The van der Waals surface area contributed by atoms with Gasteiger partial charge in [-0.2, -0.15) is 0 Å². The van der Waals surface area contributed by atoms with E-state index >= 15 is 0 Å². The summed E-state index contributed by atoms with van der Waals surface area (Å²) < 4.78 is 24.5. The van der Waals surface area contributed by atoms with Crippen molar-refractivity contribution in [3.63, 3.8) is 0 Å². The zero-order chi connectivity index (χ0) is 30.1. The number of rotatable bonds is 8. The van der Waals surface area contributed by atoms with Gasteiger partial charge in [0.15, 0.2) is 16.3 Å². The number of thiazole rings is 1. The topological polar surface area (TPSA) is 88.4 Å². The first-order chi connectivity index (χ1) is 20.8. The molecule has 3 aromatic carbocycles. The molecule has 2 aliphatic rings. The summed E-state index contributed by atoms with van der Waals surface area (Å²) >= 11 is 2.93. The molecule has 0 spiro atoms. The number of carbonyl (C=O) groups excluding carboxylic acids is 1. The van der Waals surface area contributed by atoms with Crippen molar-refractivity contribution in [1.82, 2.24) is 4.57 Å². The van der Waals surface area contributed by atoms with Crippen LogP contribution in [0.4, 0.5) is 0 Å². The molecule has 0 amide bonds. The second-order valence-electron chi connectivity index (χ2n) is 10.4. The molecule has 0 unspecified atom stereocenters. The first kappa shape index (κ1) is 28.8. The Labute approximate surface area is 256 Å². The van der Waals surface area contributed by atoms with Gasteiger partial charge in [0.1, 0.15) is 12.4 Å². The van der Waals surface area contributed by atoms with Gasteiger partial charge in [0.2, 0.25) is 6.79 Å². The second kappa shape index (κ2) is 12.1. The molecule has 6 rings (SSSR count). The Balaban J connectivity index is 1.30. The van der Waals surface area contributed by atoms with Gasteiger partial charge in [-0.05, 0) is 86.2 Å². The minimum absolute atomic E-state index is 0.215. The van der Waals surface area contributed by atoms with Crippen LogP contribution in [0.2, 0.25) is 0 Å². The molecule has 1 atom stereocenters. The van der Waals surface area contributed by atoms with Gasteiger partial charge < -0.3 is 18.9 Å². The van der Waals surface area contributed by atoms with Gasteiger partial charge in [-0.15, -0.1) is 11.8 Å². The van der Waals surface area contributed by atoms with Crippen molar-refractivity contribution in [2.75, 3.05) is 13.0 Å². The number of fused-ring (bicyclic) bond motifs is 2. The summed E-state index contributed by atoms with van der Waals surface area (Å²) in [5.41, 5.74) is 3.33. The fraction of sp³-hybridized carbons (Fsp3) is 0.242. The van der Waals surface area contributed by atoms with Gasteiger partial charge in [-0.1, -0.05) is 41.7 Å². The molecule has 0 aliphatic carbocycles. The molecule has 0 radical (unpaired) electrons. The molecule has 43 heavy (non-hydrogen) atoms. The fourth-order valence-electron chi connectivity index (χ4n) is 4.97. The zero-order valence-electron chi connectivity index (χ0n) is 24.2. The third-order valence-corrected chi connectivity index (χ3v) is 8.76. The first-order valence-corrected chi connectivity index (χ1v) is 15.8. The molecular formula is C33H30N2O6S2. The summed E-state index contributed by atoms with van der Waals surface area (Å²) in [5, 5.41) is 0. The van der Waals surface area contributed by atoms with Crippen LogP contribution in [-0.4, -0.2) is 29.7 Å². The minimum atomic E-state index is -0.646. The largest absolute Gasteiger partial charge is 0.489 e. The van der Waals surface area contributed by atoms with Crippen molar-refractivity contribution >= 4 is 35.1 Å². The van der Waals surface area contributed by atoms with Crippen molar-refractivity contribution in [3.05, 3.63) is 114 Å². The summed E-state index contributed by atoms with van der Waals surface area (Å²) in [6.07, 6.45) is 3.54. The predicted molar refractivity (Wildman–Crippen MR) is 167 cm³/mol. The average molecular weight is 615 g/mol. The highest BCUT2D eigenvalue weighted by molar-refractivity contribution is 7.98. The number of aromatic nitrogens is 1. The van der Waals surface area contributed by atoms with Gasteiger partial charge in [-0.25, -0.2) is 9.79 Å². The third kappa shape index (κ3) is 5.98. The minimum Gasteiger partial charge on any atom is -0.489 e. The molecule has 10 heteroatoms. The van der Waals surface area contributed by atoms with Crippen LogP contribution < -0.4 is 29.1 Å². The number of thioether (sulfide) groups is 1. The monoisotopic (exact) mass is 614 g/mol. The molecule has 0 fully saturated rings. The Kier molecular flexibility index (Phi) is 8.14. The molecule has 220 valence electrons.